The number of hydrogen-bond acceptors (Lipinski definition) is 3. The lowest BCUT2D eigenvalue weighted by atomic mass is 10.2. The third-order valence-corrected chi connectivity index (χ3v) is 2.88. The summed E-state index contributed by atoms with van der Waals surface area (Å²) in [6, 6.07) is 8.33. The molecule has 3 nitrogen and oxygen atoms in total. The average molecular weight is 220 g/mol. The van der Waals surface area contributed by atoms with Gasteiger partial charge in [-0.05, 0) is 13.0 Å². The zero-order chi connectivity index (χ0) is 11.2. The minimum Gasteiger partial charge on any atom is -0.494 e. The molecule has 3 heteroatoms. The number of rotatable bonds is 4. The third-order valence-electron chi connectivity index (χ3n) is 2.88. The highest BCUT2D eigenvalue weighted by atomic mass is 16.5. The maximum atomic E-state index is 5.64. The molecule has 1 fully saturated rings. The van der Waals surface area contributed by atoms with Crippen molar-refractivity contribution in [3.8, 4) is 5.75 Å². The van der Waals surface area contributed by atoms with Gasteiger partial charge in [-0.3, -0.25) is 4.90 Å². The van der Waals surface area contributed by atoms with Crippen molar-refractivity contribution >= 4 is 0 Å². The maximum Gasteiger partial charge on any atom is 0.123 e. The van der Waals surface area contributed by atoms with Crippen LogP contribution >= 0.6 is 0 Å². The fourth-order valence-corrected chi connectivity index (χ4v) is 2.04. The SMILES string of the molecule is CCOc1ccccc1CN1CCNCC1. The Bertz CT molecular complexity index is 321. The van der Waals surface area contributed by atoms with E-state index in [0.717, 1.165) is 45.1 Å². The molecule has 1 N–H and O–H groups in total. The Morgan fingerprint density at radius 1 is 1.25 bits per heavy atom. The van der Waals surface area contributed by atoms with Gasteiger partial charge in [0, 0.05) is 38.3 Å². The van der Waals surface area contributed by atoms with Gasteiger partial charge in [-0.15, -0.1) is 0 Å². The molecule has 0 aromatic heterocycles. The first-order valence-electron chi connectivity index (χ1n) is 6.04. The van der Waals surface area contributed by atoms with Crippen LogP contribution in [0.5, 0.6) is 5.75 Å². The molecule has 88 valence electrons. The Hall–Kier alpha value is -1.06. The third kappa shape index (κ3) is 2.97. The molecule has 0 aliphatic carbocycles. The second-order valence-corrected chi connectivity index (χ2v) is 4.07. The van der Waals surface area contributed by atoms with Gasteiger partial charge in [0.1, 0.15) is 5.75 Å². The minimum absolute atomic E-state index is 0.735. The molecule has 0 unspecified atom stereocenters. The fourth-order valence-electron chi connectivity index (χ4n) is 2.04. The van der Waals surface area contributed by atoms with E-state index in [4.69, 9.17) is 4.74 Å². The van der Waals surface area contributed by atoms with E-state index in [1.807, 2.05) is 13.0 Å². The number of piperazine rings is 1. The number of hydrogen-bond donors (Lipinski definition) is 1. The van der Waals surface area contributed by atoms with Gasteiger partial charge in [0.05, 0.1) is 6.61 Å². The van der Waals surface area contributed by atoms with Crippen molar-refractivity contribution in [2.24, 2.45) is 0 Å². The summed E-state index contributed by atoms with van der Waals surface area (Å²) in [4.78, 5) is 2.47. The smallest absolute Gasteiger partial charge is 0.123 e. The number of benzene rings is 1. The quantitative estimate of drug-likeness (QED) is 0.832. The zero-order valence-electron chi connectivity index (χ0n) is 9.91. The van der Waals surface area contributed by atoms with Gasteiger partial charge in [-0.2, -0.15) is 0 Å². The first-order valence-corrected chi connectivity index (χ1v) is 6.04. The van der Waals surface area contributed by atoms with Crippen LogP contribution in [0.3, 0.4) is 0 Å². The lowest BCUT2D eigenvalue weighted by molar-refractivity contribution is 0.228. The molecule has 1 aromatic rings. The average Bonchev–Trinajstić information content (AvgIpc) is 2.33. The molecule has 1 aliphatic rings. The highest BCUT2D eigenvalue weighted by Crippen LogP contribution is 2.19. The van der Waals surface area contributed by atoms with E-state index >= 15 is 0 Å². The van der Waals surface area contributed by atoms with Crippen molar-refractivity contribution < 1.29 is 4.74 Å². The summed E-state index contributed by atoms with van der Waals surface area (Å²) < 4.78 is 5.64. The van der Waals surface area contributed by atoms with Crippen molar-refractivity contribution in [2.75, 3.05) is 32.8 Å². The van der Waals surface area contributed by atoms with Crippen LogP contribution in [-0.2, 0) is 6.54 Å². The summed E-state index contributed by atoms with van der Waals surface area (Å²) in [6.07, 6.45) is 0. The molecule has 0 atom stereocenters. The van der Waals surface area contributed by atoms with Crippen LogP contribution in [0.4, 0.5) is 0 Å². The van der Waals surface area contributed by atoms with Gasteiger partial charge < -0.3 is 10.1 Å². The topological polar surface area (TPSA) is 24.5 Å². The zero-order valence-corrected chi connectivity index (χ0v) is 9.91. The van der Waals surface area contributed by atoms with Crippen molar-refractivity contribution in [1.82, 2.24) is 10.2 Å². The number of para-hydroxylation sites is 1. The molecule has 16 heavy (non-hydrogen) atoms. The summed E-state index contributed by atoms with van der Waals surface area (Å²) in [5, 5.41) is 3.37. The molecule has 1 saturated heterocycles. The van der Waals surface area contributed by atoms with Gasteiger partial charge >= 0.3 is 0 Å². The lowest BCUT2D eigenvalue weighted by Gasteiger charge is -2.27. The summed E-state index contributed by atoms with van der Waals surface area (Å²) in [5.74, 6) is 1.03. The number of nitrogens with one attached hydrogen (secondary N) is 1. The van der Waals surface area contributed by atoms with Gasteiger partial charge in [-0.25, -0.2) is 0 Å². The molecule has 1 heterocycles. The molecule has 2 rings (SSSR count). The molecule has 1 aromatic carbocycles. The molecular formula is C13H20N2O. The van der Waals surface area contributed by atoms with E-state index in [1.165, 1.54) is 5.56 Å². The molecule has 0 radical (unpaired) electrons. The normalized spacial score (nSPS) is 17.3. The molecule has 0 amide bonds. The molecule has 1 aliphatic heterocycles. The monoisotopic (exact) mass is 220 g/mol. The Morgan fingerprint density at radius 3 is 2.75 bits per heavy atom. The summed E-state index contributed by atoms with van der Waals surface area (Å²) in [5.41, 5.74) is 1.30. The fraction of sp³-hybridized carbons (Fsp3) is 0.538. The van der Waals surface area contributed by atoms with Crippen LogP contribution in [0.25, 0.3) is 0 Å². The predicted molar refractivity (Wildman–Crippen MR) is 65.8 cm³/mol. The van der Waals surface area contributed by atoms with E-state index in [9.17, 15) is 0 Å². The summed E-state index contributed by atoms with van der Waals surface area (Å²) in [7, 11) is 0. The van der Waals surface area contributed by atoms with E-state index in [-0.39, 0.29) is 0 Å². The van der Waals surface area contributed by atoms with E-state index in [2.05, 4.69) is 28.4 Å². The Morgan fingerprint density at radius 2 is 2.00 bits per heavy atom. The predicted octanol–water partition coefficient (Wildman–Crippen LogP) is 1.49. The Labute approximate surface area is 97.4 Å². The highest BCUT2D eigenvalue weighted by Gasteiger charge is 2.12. The van der Waals surface area contributed by atoms with Crippen LogP contribution in [0.1, 0.15) is 12.5 Å². The molecule has 0 bridgehead atoms. The second-order valence-electron chi connectivity index (χ2n) is 4.07. The largest absolute Gasteiger partial charge is 0.494 e. The number of nitrogens with zero attached hydrogens (tertiary/aromatic N) is 1. The summed E-state index contributed by atoms with van der Waals surface area (Å²) >= 11 is 0. The number of ether oxygens (including phenoxy) is 1. The van der Waals surface area contributed by atoms with Crippen LogP contribution in [-0.4, -0.2) is 37.7 Å². The highest BCUT2D eigenvalue weighted by molar-refractivity contribution is 5.33. The lowest BCUT2D eigenvalue weighted by Crippen LogP contribution is -2.42. The van der Waals surface area contributed by atoms with Gasteiger partial charge in [0.2, 0.25) is 0 Å². The van der Waals surface area contributed by atoms with Crippen molar-refractivity contribution in [1.29, 1.82) is 0 Å². The van der Waals surface area contributed by atoms with Crippen molar-refractivity contribution in [2.45, 2.75) is 13.5 Å². The Kier molecular flexibility index (Phi) is 4.19. The van der Waals surface area contributed by atoms with E-state index < -0.39 is 0 Å². The molecule has 0 saturated carbocycles. The van der Waals surface area contributed by atoms with Crippen LogP contribution in [0, 0.1) is 0 Å². The van der Waals surface area contributed by atoms with Gasteiger partial charge in [-0.1, -0.05) is 18.2 Å². The first-order chi connectivity index (χ1) is 7.90. The van der Waals surface area contributed by atoms with Crippen LogP contribution in [0.2, 0.25) is 0 Å². The molecular weight excluding hydrogens is 200 g/mol. The van der Waals surface area contributed by atoms with Gasteiger partial charge in [0.25, 0.3) is 0 Å². The first kappa shape index (κ1) is 11.4. The van der Waals surface area contributed by atoms with E-state index in [1.54, 1.807) is 0 Å². The maximum absolute atomic E-state index is 5.64. The summed E-state index contributed by atoms with van der Waals surface area (Å²) in [6.45, 7) is 8.20. The van der Waals surface area contributed by atoms with Crippen molar-refractivity contribution in [3.63, 3.8) is 0 Å². The molecule has 0 spiro atoms. The van der Waals surface area contributed by atoms with Gasteiger partial charge in [0.15, 0.2) is 0 Å². The minimum atomic E-state index is 0.735. The van der Waals surface area contributed by atoms with Crippen LogP contribution < -0.4 is 10.1 Å². The second kappa shape index (κ2) is 5.87. The Balaban J connectivity index is 2.01. The van der Waals surface area contributed by atoms with Crippen molar-refractivity contribution in [3.05, 3.63) is 29.8 Å². The van der Waals surface area contributed by atoms with E-state index in [0.29, 0.717) is 0 Å². The van der Waals surface area contributed by atoms with Crippen LogP contribution in [0.15, 0.2) is 24.3 Å². The standard InChI is InChI=1S/C13H20N2O/c1-2-16-13-6-4-3-5-12(13)11-15-9-7-14-8-10-15/h3-6,14H,2,7-11H2,1H3.